The lowest BCUT2D eigenvalue weighted by Gasteiger charge is -2.42. The number of fused-ring (bicyclic) bond motifs is 1. The molecule has 3 rings (SSSR count). The van der Waals surface area contributed by atoms with Crippen molar-refractivity contribution in [1.29, 1.82) is 0 Å². The zero-order chi connectivity index (χ0) is 13.5. The molecule has 0 saturated carbocycles. The molecule has 1 N–H and O–H groups in total. The van der Waals surface area contributed by atoms with Crippen molar-refractivity contribution in [3.8, 4) is 5.75 Å². The summed E-state index contributed by atoms with van der Waals surface area (Å²) in [5.74, 6) is 2.21. The molecule has 104 valence electrons. The molecule has 0 amide bonds. The minimum atomic E-state index is -0.00165. The van der Waals surface area contributed by atoms with Crippen molar-refractivity contribution in [3.63, 3.8) is 0 Å². The van der Waals surface area contributed by atoms with Gasteiger partial charge in [-0.2, -0.15) is 11.8 Å². The molecular formula is C15H20ClNOS. The van der Waals surface area contributed by atoms with Crippen molar-refractivity contribution in [2.75, 3.05) is 12.3 Å². The molecule has 1 spiro atoms. The molecule has 1 aromatic carbocycles. The Labute approximate surface area is 124 Å². The maximum Gasteiger partial charge on any atom is 0.125 e. The third-order valence-electron chi connectivity index (χ3n) is 4.29. The van der Waals surface area contributed by atoms with Crippen LogP contribution >= 0.6 is 23.4 Å². The summed E-state index contributed by atoms with van der Waals surface area (Å²) >= 11 is 8.16. The Hall–Kier alpha value is -0.380. The largest absolute Gasteiger partial charge is 0.486 e. The number of hydrogen-bond acceptors (Lipinski definition) is 3. The third-order valence-corrected chi connectivity index (χ3v) is 5.90. The first-order valence-electron chi connectivity index (χ1n) is 6.98. The first-order chi connectivity index (χ1) is 9.14. The first kappa shape index (κ1) is 13.6. The Morgan fingerprint density at radius 2 is 2.37 bits per heavy atom. The fourth-order valence-electron chi connectivity index (χ4n) is 3.19. The molecule has 19 heavy (non-hydrogen) atoms. The molecule has 3 atom stereocenters. The number of rotatable bonds is 2. The summed E-state index contributed by atoms with van der Waals surface area (Å²) in [6.07, 6.45) is 2.19. The Kier molecular flexibility index (Phi) is 3.71. The fourth-order valence-corrected chi connectivity index (χ4v) is 4.76. The van der Waals surface area contributed by atoms with Crippen molar-refractivity contribution in [2.45, 2.75) is 43.6 Å². The van der Waals surface area contributed by atoms with E-state index in [4.69, 9.17) is 16.3 Å². The van der Waals surface area contributed by atoms with E-state index in [1.165, 1.54) is 11.3 Å². The van der Waals surface area contributed by atoms with Crippen LogP contribution in [0.3, 0.4) is 0 Å². The van der Waals surface area contributed by atoms with Gasteiger partial charge in [0, 0.05) is 28.3 Å². The Morgan fingerprint density at radius 3 is 3.05 bits per heavy atom. The summed E-state index contributed by atoms with van der Waals surface area (Å²) in [5, 5.41) is 4.93. The van der Waals surface area contributed by atoms with Crippen LogP contribution in [0, 0.1) is 0 Å². The van der Waals surface area contributed by atoms with Gasteiger partial charge in [0.05, 0.1) is 0 Å². The highest BCUT2D eigenvalue weighted by atomic mass is 35.5. The lowest BCUT2D eigenvalue weighted by atomic mass is 9.83. The van der Waals surface area contributed by atoms with Gasteiger partial charge in [-0.3, -0.25) is 0 Å². The molecule has 3 unspecified atom stereocenters. The van der Waals surface area contributed by atoms with Gasteiger partial charge in [-0.1, -0.05) is 18.5 Å². The molecule has 1 aromatic rings. The summed E-state index contributed by atoms with van der Waals surface area (Å²) in [6.45, 7) is 5.41. The van der Waals surface area contributed by atoms with E-state index in [1.54, 1.807) is 0 Å². The van der Waals surface area contributed by atoms with Crippen molar-refractivity contribution in [1.82, 2.24) is 5.32 Å². The average Bonchev–Trinajstić information content (AvgIpc) is 2.72. The van der Waals surface area contributed by atoms with Crippen LogP contribution in [-0.4, -0.2) is 23.1 Å². The van der Waals surface area contributed by atoms with E-state index >= 15 is 0 Å². The smallest absolute Gasteiger partial charge is 0.125 e. The number of hydrogen-bond donors (Lipinski definition) is 1. The van der Waals surface area contributed by atoms with E-state index in [2.05, 4.69) is 19.2 Å². The van der Waals surface area contributed by atoms with Crippen molar-refractivity contribution in [2.24, 2.45) is 0 Å². The zero-order valence-electron chi connectivity index (χ0n) is 11.4. The van der Waals surface area contributed by atoms with Crippen LogP contribution in [0.4, 0.5) is 0 Å². The van der Waals surface area contributed by atoms with E-state index in [1.807, 2.05) is 30.0 Å². The van der Waals surface area contributed by atoms with E-state index in [-0.39, 0.29) is 5.60 Å². The highest BCUT2D eigenvalue weighted by Crippen LogP contribution is 2.49. The van der Waals surface area contributed by atoms with Gasteiger partial charge in [-0.05, 0) is 43.8 Å². The average molecular weight is 298 g/mol. The molecule has 0 bridgehead atoms. The number of halogens is 1. The van der Waals surface area contributed by atoms with Crippen LogP contribution in [-0.2, 0) is 0 Å². The van der Waals surface area contributed by atoms with Crippen LogP contribution in [0.15, 0.2) is 18.2 Å². The van der Waals surface area contributed by atoms with E-state index in [0.29, 0.717) is 11.3 Å². The zero-order valence-corrected chi connectivity index (χ0v) is 13.0. The fraction of sp³-hybridized carbons (Fsp3) is 0.600. The summed E-state index contributed by atoms with van der Waals surface area (Å²) in [4.78, 5) is 0. The second-order valence-corrected chi connectivity index (χ2v) is 7.31. The summed E-state index contributed by atoms with van der Waals surface area (Å²) in [6, 6.07) is 6.35. The van der Waals surface area contributed by atoms with Crippen molar-refractivity contribution in [3.05, 3.63) is 28.8 Å². The maximum absolute atomic E-state index is 6.40. The lowest BCUT2D eigenvalue weighted by molar-refractivity contribution is 0.0356. The maximum atomic E-state index is 6.40. The van der Waals surface area contributed by atoms with Crippen molar-refractivity contribution >= 4 is 23.4 Å². The molecule has 0 aromatic heterocycles. The standard InChI is InChI=1S/C15H20ClNOS/c1-3-17-13-9-15(6-7-19-10(15)2)18-14-5-4-11(16)8-12(13)14/h4-5,8,10,13,17H,3,6-7,9H2,1-2H3. The highest BCUT2D eigenvalue weighted by molar-refractivity contribution is 8.00. The van der Waals surface area contributed by atoms with E-state index in [9.17, 15) is 0 Å². The number of nitrogens with one attached hydrogen (secondary N) is 1. The van der Waals surface area contributed by atoms with Crippen LogP contribution < -0.4 is 10.1 Å². The molecule has 4 heteroatoms. The topological polar surface area (TPSA) is 21.3 Å². The van der Waals surface area contributed by atoms with Crippen LogP contribution in [0.5, 0.6) is 5.75 Å². The Balaban J connectivity index is 1.99. The van der Waals surface area contributed by atoms with Crippen molar-refractivity contribution < 1.29 is 4.74 Å². The van der Waals surface area contributed by atoms with Crippen LogP contribution in [0.1, 0.15) is 38.3 Å². The molecule has 2 aliphatic rings. The van der Waals surface area contributed by atoms with Gasteiger partial charge in [0.15, 0.2) is 0 Å². The van der Waals surface area contributed by atoms with Gasteiger partial charge in [0.2, 0.25) is 0 Å². The van der Waals surface area contributed by atoms with E-state index < -0.39 is 0 Å². The monoisotopic (exact) mass is 297 g/mol. The van der Waals surface area contributed by atoms with E-state index in [0.717, 1.165) is 30.2 Å². The van der Waals surface area contributed by atoms with Gasteiger partial charge in [-0.15, -0.1) is 0 Å². The molecule has 1 fully saturated rings. The summed E-state index contributed by atoms with van der Waals surface area (Å²) < 4.78 is 6.40. The molecule has 2 nitrogen and oxygen atoms in total. The second-order valence-electron chi connectivity index (χ2n) is 5.43. The second kappa shape index (κ2) is 5.19. The normalized spacial score (nSPS) is 33.2. The van der Waals surface area contributed by atoms with Gasteiger partial charge < -0.3 is 10.1 Å². The minimum absolute atomic E-state index is 0.00165. The Bertz CT molecular complexity index is 481. The minimum Gasteiger partial charge on any atom is -0.486 e. The molecule has 2 aliphatic heterocycles. The van der Waals surface area contributed by atoms with Gasteiger partial charge >= 0.3 is 0 Å². The van der Waals surface area contributed by atoms with Crippen LogP contribution in [0.25, 0.3) is 0 Å². The molecule has 0 radical (unpaired) electrons. The predicted molar refractivity (Wildman–Crippen MR) is 82.4 cm³/mol. The molecule has 1 saturated heterocycles. The molecular weight excluding hydrogens is 278 g/mol. The highest BCUT2D eigenvalue weighted by Gasteiger charge is 2.48. The van der Waals surface area contributed by atoms with Crippen LogP contribution in [0.2, 0.25) is 5.02 Å². The van der Waals surface area contributed by atoms with Gasteiger partial charge in [0.25, 0.3) is 0 Å². The SMILES string of the molecule is CCNC1CC2(CCSC2C)Oc2ccc(Cl)cc21. The Morgan fingerprint density at radius 1 is 1.53 bits per heavy atom. The quantitative estimate of drug-likeness (QED) is 0.890. The lowest BCUT2D eigenvalue weighted by Crippen LogP contribution is -2.47. The summed E-state index contributed by atoms with van der Waals surface area (Å²) in [5.41, 5.74) is 1.21. The van der Waals surface area contributed by atoms with Gasteiger partial charge in [0.1, 0.15) is 11.4 Å². The molecule has 2 heterocycles. The number of thioether (sulfide) groups is 1. The molecule has 0 aliphatic carbocycles. The first-order valence-corrected chi connectivity index (χ1v) is 8.41. The number of benzene rings is 1. The number of ether oxygens (including phenoxy) is 1. The third kappa shape index (κ3) is 2.37. The summed E-state index contributed by atoms with van der Waals surface area (Å²) in [7, 11) is 0. The van der Waals surface area contributed by atoms with Gasteiger partial charge in [-0.25, -0.2) is 0 Å². The predicted octanol–water partition coefficient (Wildman–Crippen LogP) is 4.04.